The van der Waals surface area contributed by atoms with Gasteiger partial charge in [0.25, 0.3) is 0 Å². The van der Waals surface area contributed by atoms with Gasteiger partial charge in [-0.05, 0) is 109 Å². The van der Waals surface area contributed by atoms with Crippen LogP contribution in [0.1, 0.15) is 67.4 Å². The number of anilines is 1. The van der Waals surface area contributed by atoms with Crippen LogP contribution in [0.5, 0.6) is 5.75 Å². The summed E-state index contributed by atoms with van der Waals surface area (Å²) in [5.41, 5.74) is 4.17. The molecule has 44 heavy (non-hydrogen) atoms. The molecule has 1 saturated carbocycles. The molecule has 1 fully saturated rings. The van der Waals surface area contributed by atoms with Crippen molar-refractivity contribution in [2.45, 2.75) is 63.9 Å². The number of hydrogen-bond donors (Lipinski definition) is 2. The number of methoxy groups -OCH3 is 1. The summed E-state index contributed by atoms with van der Waals surface area (Å²) in [5, 5.41) is 15.9. The first kappa shape index (κ1) is 31.4. The number of allylic oxidation sites excluding steroid dienone is 1. The normalized spacial score (nSPS) is 27.2. The average Bonchev–Trinajstić information content (AvgIpc) is 3.05. The van der Waals surface area contributed by atoms with Gasteiger partial charge in [0.05, 0.1) is 29.7 Å². The Bertz CT molecular complexity index is 1590. The number of halogens is 1. The van der Waals surface area contributed by atoms with Crippen LogP contribution in [-0.4, -0.2) is 58.2 Å². The fraction of sp³-hybridized carbons (Fsp3) is 0.559. The fourth-order valence-electron chi connectivity index (χ4n) is 8.17. The minimum absolute atomic E-state index is 0.0326. The third-order valence-electron chi connectivity index (χ3n) is 10.7. The molecule has 2 aromatic carbocycles. The van der Waals surface area contributed by atoms with Gasteiger partial charge in [0, 0.05) is 30.6 Å². The molecular formula is C34H43ClN2O6S. The minimum atomic E-state index is -3.57. The maximum atomic E-state index is 12.0. The molecule has 0 bridgehead atoms. The zero-order valence-corrected chi connectivity index (χ0v) is 27.3. The smallest absolute Gasteiger partial charge is 0.335 e. The van der Waals surface area contributed by atoms with Gasteiger partial charge in [-0.1, -0.05) is 37.6 Å². The van der Waals surface area contributed by atoms with Gasteiger partial charge in [0.1, 0.15) is 5.75 Å². The van der Waals surface area contributed by atoms with E-state index in [0.717, 1.165) is 62.3 Å². The van der Waals surface area contributed by atoms with Gasteiger partial charge < -0.3 is 19.5 Å². The van der Waals surface area contributed by atoms with Gasteiger partial charge in [-0.15, -0.1) is 0 Å². The van der Waals surface area contributed by atoms with E-state index in [9.17, 15) is 18.3 Å². The highest BCUT2D eigenvalue weighted by Gasteiger charge is 2.47. The number of nitrogens with zero attached hydrogens (tertiary/aromatic N) is 1. The molecule has 0 radical (unpaired) electrons. The van der Waals surface area contributed by atoms with E-state index < -0.39 is 21.4 Å². The largest absolute Gasteiger partial charge is 0.490 e. The SMILES string of the molecule is CO[C@@H](C1=C[C@H](C(C)(C)CS(N)(=O)=O)C1)[C@@H]1CC[C@H]1CN1C[C@@]2(CCCc3cc(Cl)ccc32)COc2ccc(C(=O)O)cc21. The predicted molar refractivity (Wildman–Crippen MR) is 172 cm³/mol. The summed E-state index contributed by atoms with van der Waals surface area (Å²) in [4.78, 5) is 14.4. The molecule has 0 amide bonds. The number of carboxylic acid groups (broad SMARTS) is 1. The molecule has 2 aromatic rings. The summed E-state index contributed by atoms with van der Waals surface area (Å²) in [6.07, 6.45) is 8.07. The van der Waals surface area contributed by atoms with Crippen LogP contribution in [0.3, 0.4) is 0 Å². The summed E-state index contributed by atoms with van der Waals surface area (Å²) in [6, 6.07) is 11.4. The summed E-state index contributed by atoms with van der Waals surface area (Å²) in [6.45, 7) is 5.93. The van der Waals surface area contributed by atoms with Gasteiger partial charge in [-0.25, -0.2) is 18.4 Å². The van der Waals surface area contributed by atoms with Crippen molar-refractivity contribution in [3.63, 3.8) is 0 Å². The Labute approximate surface area is 265 Å². The quantitative estimate of drug-likeness (QED) is 0.331. The molecule has 0 aromatic heterocycles. The van der Waals surface area contributed by atoms with Crippen molar-refractivity contribution in [1.29, 1.82) is 0 Å². The number of carboxylic acids is 1. The number of benzene rings is 2. The lowest BCUT2D eigenvalue weighted by Gasteiger charge is -2.49. The Morgan fingerprint density at radius 3 is 2.68 bits per heavy atom. The van der Waals surface area contributed by atoms with Crippen molar-refractivity contribution in [3.05, 3.63) is 69.8 Å². The van der Waals surface area contributed by atoms with E-state index in [-0.39, 0.29) is 28.8 Å². The Morgan fingerprint density at radius 1 is 1.25 bits per heavy atom. The molecule has 238 valence electrons. The van der Waals surface area contributed by atoms with E-state index in [1.165, 1.54) is 16.7 Å². The first-order valence-corrected chi connectivity index (χ1v) is 17.7. The number of sulfonamides is 1. The van der Waals surface area contributed by atoms with Crippen molar-refractivity contribution in [1.82, 2.24) is 0 Å². The Kier molecular flexibility index (Phi) is 8.31. The van der Waals surface area contributed by atoms with Crippen LogP contribution >= 0.6 is 11.6 Å². The van der Waals surface area contributed by atoms with Crippen LogP contribution in [0.15, 0.2) is 48.0 Å². The van der Waals surface area contributed by atoms with Crippen molar-refractivity contribution in [2.24, 2.45) is 28.3 Å². The van der Waals surface area contributed by atoms with Gasteiger partial charge in [-0.2, -0.15) is 0 Å². The third-order valence-corrected chi connectivity index (χ3v) is 12.1. The number of rotatable bonds is 9. The van der Waals surface area contributed by atoms with Crippen molar-refractivity contribution < 1.29 is 27.8 Å². The highest BCUT2D eigenvalue weighted by molar-refractivity contribution is 7.89. The maximum Gasteiger partial charge on any atom is 0.335 e. The monoisotopic (exact) mass is 642 g/mol. The molecular weight excluding hydrogens is 600 g/mol. The van der Waals surface area contributed by atoms with E-state index in [0.29, 0.717) is 24.2 Å². The molecule has 1 spiro atoms. The maximum absolute atomic E-state index is 12.0. The van der Waals surface area contributed by atoms with Crippen LogP contribution < -0.4 is 14.8 Å². The third kappa shape index (κ3) is 6.00. The minimum Gasteiger partial charge on any atom is -0.490 e. The molecule has 1 aliphatic heterocycles. The first-order chi connectivity index (χ1) is 20.8. The summed E-state index contributed by atoms with van der Waals surface area (Å²) >= 11 is 6.40. The van der Waals surface area contributed by atoms with Gasteiger partial charge in [0.15, 0.2) is 0 Å². The van der Waals surface area contributed by atoms with E-state index >= 15 is 0 Å². The molecule has 4 aliphatic rings. The zero-order valence-electron chi connectivity index (χ0n) is 25.7. The predicted octanol–water partition coefficient (Wildman–Crippen LogP) is 5.81. The van der Waals surface area contributed by atoms with Crippen molar-refractivity contribution in [2.75, 3.05) is 37.5 Å². The highest BCUT2D eigenvalue weighted by Crippen LogP contribution is 2.50. The second-order valence-corrected chi connectivity index (χ2v) is 16.1. The van der Waals surface area contributed by atoms with Crippen molar-refractivity contribution >= 4 is 33.3 Å². The number of carbonyl (C=O) groups is 1. The molecule has 8 nitrogen and oxygen atoms in total. The first-order valence-electron chi connectivity index (χ1n) is 15.6. The lowest BCUT2D eigenvalue weighted by molar-refractivity contribution is -0.00186. The fourth-order valence-corrected chi connectivity index (χ4v) is 9.61. The van der Waals surface area contributed by atoms with Crippen LogP contribution in [-0.2, 0) is 26.6 Å². The molecule has 0 saturated heterocycles. The molecule has 10 heteroatoms. The number of hydrogen-bond acceptors (Lipinski definition) is 6. The Morgan fingerprint density at radius 2 is 2.02 bits per heavy atom. The molecule has 3 aliphatic carbocycles. The highest BCUT2D eigenvalue weighted by atomic mass is 35.5. The topological polar surface area (TPSA) is 119 Å². The zero-order chi connectivity index (χ0) is 31.4. The average molecular weight is 643 g/mol. The van der Waals surface area contributed by atoms with E-state index in [2.05, 4.69) is 23.1 Å². The number of aryl methyl sites for hydroxylation is 1. The lowest BCUT2D eigenvalue weighted by atomic mass is 9.62. The van der Waals surface area contributed by atoms with E-state index in [4.69, 9.17) is 26.2 Å². The number of ether oxygens (including phenoxy) is 2. The van der Waals surface area contributed by atoms with E-state index in [1.807, 2.05) is 19.9 Å². The summed E-state index contributed by atoms with van der Waals surface area (Å²) in [5.74, 6) is 0.510. The Balaban J connectivity index is 1.28. The molecule has 3 N–H and O–H groups in total. The van der Waals surface area contributed by atoms with Crippen LogP contribution in [0.4, 0.5) is 5.69 Å². The molecule has 6 rings (SSSR count). The number of aromatic carboxylic acids is 1. The molecule has 5 atom stereocenters. The van der Waals surface area contributed by atoms with Crippen LogP contribution in [0, 0.1) is 23.2 Å². The molecule has 1 heterocycles. The molecule has 0 unspecified atom stereocenters. The number of fused-ring (bicyclic) bond motifs is 3. The van der Waals surface area contributed by atoms with Gasteiger partial charge >= 0.3 is 5.97 Å². The second-order valence-electron chi connectivity index (χ2n) is 14.1. The summed E-state index contributed by atoms with van der Waals surface area (Å²) in [7, 11) is -1.81. The standard InChI is InChI=1S/C34H43ClN2O6S/c1-33(2,20-44(36,40)41)25-13-24(14-25)31(42-3)27-9-6-23(27)17-37-18-34(12-4-5-21-15-26(35)8-10-28(21)34)19-43-30-11-7-22(32(38)39)16-29(30)37/h7-8,10-11,13,15-16,23,25,27,31H,4-6,9,12,14,17-20H2,1-3H3,(H,38,39)(H2,36,40,41)/t23-,25-,27+,31-,34-/m0/s1. The Hall–Kier alpha value is -2.59. The second kappa shape index (κ2) is 11.6. The number of primary sulfonamides is 1. The van der Waals surface area contributed by atoms with Crippen molar-refractivity contribution in [3.8, 4) is 5.75 Å². The number of nitrogens with two attached hydrogens (primary N) is 1. The van der Waals surface area contributed by atoms with Crippen LogP contribution in [0.25, 0.3) is 0 Å². The van der Waals surface area contributed by atoms with E-state index in [1.54, 1.807) is 25.3 Å². The summed E-state index contributed by atoms with van der Waals surface area (Å²) < 4.78 is 36.2. The lowest BCUT2D eigenvalue weighted by Crippen LogP contribution is -2.50. The van der Waals surface area contributed by atoms with Crippen LogP contribution in [0.2, 0.25) is 5.02 Å². The van der Waals surface area contributed by atoms with Gasteiger partial charge in [-0.3, -0.25) is 0 Å². The van der Waals surface area contributed by atoms with Gasteiger partial charge in [0.2, 0.25) is 10.0 Å².